The van der Waals surface area contributed by atoms with E-state index in [2.05, 4.69) is 68.5 Å². The quantitative estimate of drug-likeness (QED) is 0.658. The van der Waals surface area contributed by atoms with Gasteiger partial charge in [0.25, 0.3) is 0 Å². The van der Waals surface area contributed by atoms with Gasteiger partial charge in [-0.05, 0) is 48.1 Å². The minimum Gasteiger partial charge on any atom is -0.0642 e. The average Bonchev–Trinajstić information content (AvgIpc) is 2.94. The van der Waals surface area contributed by atoms with Crippen molar-refractivity contribution in [1.29, 1.82) is 0 Å². The third-order valence-corrected chi connectivity index (χ3v) is 4.66. The molecule has 2 aromatic carbocycles. The first-order valence-corrected chi connectivity index (χ1v) is 7.31. The van der Waals surface area contributed by atoms with Crippen molar-refractivity contribution in [3.05, 3.63) is 81.9 Å². The zero-order chi connectivity index (χ0) is 13.7. The van der Waals surface area contributed by atoms with Crippen molar-refractivity contribution in [3.63, 3.8) is 0 Å². The summed E-state index contributed by atoms with van der Waals surface area (Å²) in [6.45, 7) is 4.56. The summed E-state index contributed by atoms with van der Waals surface area (Å²) in [6.07, 6.45) is 3.46. The third kappa shape index (κ3) is 1.54. The van der Waals surface area contributed by atoms with Gasteiger partial charge in [-0.1, -0.05) is 65.8 Å². The van der Waals surface area contributed by atoms with Crippen LogP contribution in [0.25, 0.3) is 11.6 Å². The van der Waals surface area contributed by atoms with E-state index >= 15 is 0 Å². The van der Waals surface area contributed by atoms with E-state index in [1.54, 1.807) is 5.57 Å². The molecule has 0 spiro atoms. The first kappa shape index (κ1) is 11.7. The average molecular weight is 258 g/mol. The topological polar surface area (TPSA) is 0 Å². The fourth-order valence-corrected chi connectivity index (χ4v) is 3.81. The molecule has 2 aliphatic rings. The summed E-state index contributed by atoms with van der Waals surface area (Å²) in [5.74, 6) is 0.454. The molecule has 0 N–H and O–H groups in total. The summed E-state index contributed by atoms with van der Waals surface area (Å²) in [5.41, 5.74) is 10.3. The molecule has 20 heavy (non-hydrogen) atoms. The van der Waals surface area contributed by atoms with Crippen LogP contribution >= 0.6 is 0 Å². The highest BCUT2D eigenvalue weighted by molar-refractivity contribution is 5.87. The lowest BCUT2D eigenvalue weighted by molar-refractivity contribution is 1.04. The van der Waals surface area contributed by atoms with Gasteiger partial charge in [-0.25, -0.2) is 0 Å². The molecule has 1 unspecified atom stereocenters. The molecule has 0 fully saturated rings. The van der Waals surface area contributed by atoms with Gasteiger partial charge in [0.1, 0.15) is 0 Å². The van der Waals surface area contributed by atoms with Crippen LogP contribution in [0.5, 0.6) is 0 Å². The Labute approximate surface area is 120 Å². The van der Waals surface area contributed by atoms with E-state index < -0.39 is 0 Å². The predicted octanol–water partition coefficient (Wildman–Crippen LogP) is 5.22. The van der Waals surface area contributed by atoms with E-state index in [4.69, 9.17) is 0 Å². The van der Waals surface area contributed by atoms with Crippen LogP contribution in [0.2, 0.25) is 0 Å². The highest BCUT2D eigenvalue weighted by Gasteiger charge is 2.31. The van der Waals surface area contributed by atoms with Crippen LogP contribution in [0.1, 0.15) is 42.0 Å². The Kier molecular flexibility index (Phi) is 2.47. The Balaban J connectivity index is 1.91. The van der Waals surface area contributed by atoms with E-state index in [-0.39, 0.29) is 0 Å². The number of benzene rings is 2. The lowest BCUT2D eigenvalue weighted by atomic mass is 9.84. The van der Waals surface area contributed by atoms with Crippen molar-refractivity contribution >= 4 is 11.6 Å². The third-order valence-electron chi connectivity index (χ3n) is 4.66. The second-order valence-corrected chi connectivity index (χ2v) is 5.98. The molecule has 0 aromatic heterocycles. The molecular weight excluding hydrogens is 240 g/mol. The van der Waals surface area contributed by atoms with Gasteiger partial charge in [0.05, 0.1) is 0 Å². The predicted molar refractivity (Wildman–Crippen MR) is 85.6 cm³/mol. The smallest absolute Gasteiger partial charge is 0.0311 e. The number of allylic oxidation sites excluding steroid dienone is 3. The maximum Gasteiger partial charge on any atom is 0.0311 e. The molecule has 0 nitrogen and oxygen atoms in total. The zero-order valence-electron chi connectivity index (χ0n) is 12.0. The largest absolute Gasteiger partial charge is 0.0642 e. The maximum atomic E-state index is 2.35. The number of fused-ring (bicyclic) bond motifs is 2. The Hall–Kier alpha value is -2.08. The van der Waals surface area contributed by atoms with E-state index in [1.807, 2.05) is 0 Å². The first-order chi connectivity index (χ1) is 9.75. The van der Waals surface area contributed by atoms with Crippen molar-refractivity contribution in [3.8, 4) is 0 Å². The summed E-state index contributed by atoms with van der Waals surface area (Å²) in [7, 11) is 0. The highest BCUT2D eigenvalue weighted by Crippen LogP contribution is 2.49. The van der Waals surface area contributed by atoms with Gasteiger partial charge in [0.2, 0.25) is 0 Å². The molecule has 98 valence electrons. The zero-order valence-corrected chi connectivity index (χ0v) is 12.0. The van der Waals surface area contributed by atoms with Crippen LogP contribution < -0.4 is 0 Å². The second kappa shape index (κ2) is 4.21. The molecule has 0 heteroatoms. The Morgan fingerprint density at radius 3 is 2.55 bits per heavy atom. The van der Waals surface area contributed by atoms with Crippen LogP contribution in [0.15, 0.2) is 59.7 Å². The van der Waals surface area contributed by atoms with Crippen LogP contribution in [-0.4, -0.2) is 0 Å². The van der Waals surface area contributed by atoms with Gasteiger partial charge in [0, 0.05) is 5.92 Å². The number of rotatable bonds is 1. The SMILES string of the molecule is CC1=Cc2ccccc2C1C1=C(C)Cc2ccccc21. The van der Waals surface area contributed by atoms with Gasteiger partial charge >= 0.3 is 0 Å². The van der Waals surface area contributed by atoms with Crippen LogP contribution in [0.3, 0.4) is 0 Å². The molecule has 0 heterocycles. The molecule has 0 saturated heterocycles. The van der Waals surface area contributed by atoms with Gasteiger partial charge in [-0.3, -0.25) is 0 Å². The molecule has 0 bridgehead atoms. The highest BCUT2D eigenvalue weighted by atomic mass is 14.3. The van der Waals surface area contributed by atoms with Crippen molar-refractivity contribution in [2.45, 2.75) is 26.2 Å². The van der Waals surface area contributed by atoms with Crippen molar-refractivity contribution in [2.24, 2.45) is 0 Å². The van der Waals surface area contributed by atoms with Crippen LogP contribution in [0, 0.1) is 0 Å². The summed E-state index contributed by atoms with van der Waals surface area (Å²) in [6, 6.07) is 17.7. The van der Waals surface area contributed by atoms with Gasteiger partial charge < -0.3 is 0 Å². The number of hydrogen-bond donors (Lipinski definition) is 0. The lowest BCUT2D eigenvalue weighted by Gasteiger charge is -2.19. The second-order valence-electron chi connectivity index (χ2n) is 5.98. The molecule has 1 atom stereocenters. The molecule has 0 amide bonds. The Morgan fingerprint density at radius 2 is 1.65 bits per heavy atom. The van der Waals surface area contributed by atoms with Gasteiger partial charge in [0.15, 0.2) is 0 Å². The summed E-state index contributed by atoms with van der Waals surface area (Å²) >= 11 is 0. The molecule has 2 aromatic rings. The monoisotopic (exact) mass is 258 g/mol. The minimum absolute atomic E-state index is 0.454. The minimum atomic E-state index is 0.454. The molecule has 0 radical (unpaired) electrons. The van der Waals surface area contributed by atoms with E-state index in [9.17, 15) is 0 Å². The molecule has 0 aliphatic heterocycles. The van der Waals surface area contributed by atoms with Gasteiger partial charge in [-0.2, -0.15) is 0 Å². The fourth-order valence-electron chi connectivity index (χ4n) is 3.81. The number of hydrogen-bond acceptors (Lipinski definition) is 0. The summed E-state index contributed by atoms with van der Waals surface area (Å²) in [4.78, 5) is 0. The lowest BCUT2D eigenvalue weighted by Crippen LogP contribution is -2.01. The van der Waals surface area contributed by atoms with E-state index in [0.717, 1.165) is 6.42 Å². The molecule has 4 rings (SSSR count). The summed E-state index contributed by atoms with van der Waals surface area (Å²) < 4.78 is 0. The maximum absolute atomic E-state index is 2.35. The van der Waals surface area contributed by atoms with Gasteiger partial charge in [-0.15, -0.1) is 0 Å². The molecule has 2 aliphatic carbocycles. The van der Waals surface area contributed by atoms with E-state index in [0.29, 0.717) is 5.92 Å². The Morgan fingerprint density at radius 1 is 0.900 bits per heavy atom. The van der Waals surface area contributed by atoms with Crippen molar-refractivity contribution in [1.82, 2.24) is 0 Å². The standard InChI is InChI=1S/C20H18/c1-13-11-15-7-3-5-9-17(15)19(13)20-14(2)12-16-8-4-6-10-18(16)20/h3-11,19H,12H2,1-2H3. The normalized spacial score (nSPS) is 19.9. The van der Waals surface area contributed by atoms with E-state index in [1.165, 1.54) is 33.4 Å². The molecular formula is C20H18. The summed E-state index contributed by atoms with van der Waals surface area (Å²) in [5, 5.41) is 0. The Bertz CT molecular complexity index is 759. The fraction of sp³-hybridized carbons (Fsp3) is 0.200. The van der Waals surface area contributed by atoms with Crippen molar-refractivity contribution < 1.29 is 0 Å². The van der Waals surface area contributed by atoms with Crippen molar-refractivity contribution in [2.75, 3.05) is 0 Å². The van der Waals surface area contributed by atoms with Crippen LogP contribution in [0.4, 0.5) is 0 Å². The molecule has 0 saturated carbocycles. The van der Waals surface area contributed by atoms with Crippen LogP contribution in [-0.2, 0) is 6.42 Å². The first-order valence-electron chi connectivity index (χ1n) is 7.31.